The lowest BCUT2D eigenvalue weighted by atomic mass is 9.55. The number of allylic oxidation sites excluding steroid dienone is 1. The monoisotopic (exact) mass is 593 g/mol. The number of hydrogen-bond acceptors (Lipinski definition) is 5. The molecule has 3 aliphatic rings. The largest absolute Gasteiger partial charge is 0.656 e. The Labute approximate surface area is 257 Å². The van der Waals surface area contributed by atoms with Gasteiger partial charge in [-0.2, -0.15) is 0 Å². The highest BCUT2D eigenvalue weighted by atomic mass is 32.1. The van der Waals surface area contributed by atoms with E-state index in [1.165, 1.54) is 0 Å². The van der Waals surface area contributed by atoms with Crippen LogP contribution in [-0.4, -0.2) is 34.2 Å². The van der Waals surface area contributed by atoms with E-state index in [0.717, 1.165) is 72.0 Å². The molecule has 43 heavy (non-hydrogen) atoms. The fourth-order valence-corrected chi connectivity index (χ4v) is 8.48. The van der Waals surface area contributed by atoms with Gasteiger partial charge in [0, 0.05) is 11.3 Å². The Morgan fingerprint density at radius 1 is 0.791 bits per heavy atom. The molecule has 206 valence electrons. The summed E-state index contributed by atoms with van der Waals surface area (Å²) in [5.74, 6) is 3.49. The minimum Gasteiger partial charge on any atom is -0.656 e. The third-order valence-corrected chi connectivity index (χ3v) is 10.4. The summed E-state index contributed by atoms with van der Waals surface area (Å²) < 4.78 is 18.0. The van der Waals surface area contributed by atoms with E-state index in [2.05, 4.69) is 129 Å². The number of methoxy groups -OCH3 is 1. The molecule has 1 unspecified atom stereocenters. The molecule has 5 nitrogen and oxygen atoms in total. The van der Waals surface area contributed by atoms with Gasteiger partial charge < -0.3 is 18.4 Å². The molecule has 0 fully saturated rings. The maximum Gasteiger partial charge on any atom is 0.508 e. The molecule has 0 spiro atoms. The van der Waals surface area contributed by atoms with Gasteiger partial charge in [0.2, 0.25) is 5.82 Å². The lowest BCUT2D eigenvalue weighted by Gasteiger charge is -2.47. The van der Waals surface area contributed by atoms with Crippen LogP contribution in [0.5, 0.6) is 11.5 Å². The van der Waals surface area contributed by atoms with Crippen molar-refractivity contribution in [2.24, 2.45) is 4.99 Å². The van der Waals surface area contributed by atoms with Gasteiger partial charge in [-0.3, -0.25) is 0 Å². The lowest BCUT2D eigenvalue weighted by molar-refractivity contribution is -0.278. The van der Waals surface area contributed by atoms with Gasteiger partial charge in [0.25, 0.3) is 5.84 Å². The van der Waals surface area contributed by atoms with E-state index < -0.39 is 6.62 Å². The van der Waals surface area contributed by atoms with E-state index in [9.17, 15) is 0 Å². The fourth-order valence-electron chi connectivity index (χ4n) is 6.77. The van der Waals surface area contributed by atoms with Crippen LogP contribution in [0.15, 0.2) is 131 Å². The Bertz CT molecular complexity index is 2140. The van der Waals surface area contributed by atoms with Crippen LogP contribution < -0.4 is 14.9 Å². The molecule has 0 amide bonds. The average Bonchev–Trinajstić information content (AvgIpc) is 3.87. The van der Waals surface area contributed by atoms with E-state index in [1.54, 1.807) is 29.8 Å². The third-order valence-electron chi connectivity index (χ3n) is 8.57. The molecule has 9 rings (SSSR count). The highest BCUT2D eigenvalue weighted by molar-refractivity contribution is 7.14. The van der Waals surface area contributed by atoms with Gasteiger partial charge >= 0.3 is 6.62 Å². The van der Waals surface area contributed by atoms with Gasteiger partial charge in [-0.25, -0.2) is 0 Å². The quantitative estimate of drug-likeness (QED) is 0.192. The van der Waals surface area contributed by atoms with Crippen molar-refractivity contribution < 1.29 is 13.9 Å². The van der Waals surface area contributed by atoms with Crippen molar-refractivity contribution in [2.75, 3.05) is 7.11 Å². The van der Waals surface area contributed by atoms with Crippen LogP contribution in [0.3, 0.4) is 0 Å². The van der Waals surface area contributed by atoms with Crippen LogP contribution in [0.2, 0.25) is 0 Å². The second-order valence-corrected chi connectivity index (χ2v) is 12.6. The zero-order valence-corrected chi connectivity index (χ0v) is 24.8. The molecule has 0 radical (unpaired) electrons. The second-order valence-electron chi connectivity index (χ2n) is 10.8. The van der Waals surface area contributed by atoms with Gasteiger partial charge in [0.1, 0.15) is 16.3 Å². The van der Waals surface area contributed by atoms with Crippen molar-refractivity contribution in [3.05, 3.63) is 136 Å². The summed E-state index contributed by atoms with van der Waals surface area (Å²) in [4.78, 5) is 7.71. The Hall–Kier alpha value is -4.92. The molecular weight excluding hydrogens is 569 g/mol. The van der Waals surface area contributed by atoms with Crippen molar-refractivity contribution >= 4 is 57.7 Å². The first-order chi connectivity index (χ1) is 21.3. The Balaban J connectivity index is 1.46. The Morgan fingerprint density at radius 2 is 1.47 bits per heavy atom. The number of thiophene rings is 2. The minimum atomic E-state index is -2.08. The number of rotatable bonds is 5. The van der Waals surface area contributed by atoms with E-state index in [1.807, 2.05) is 6.07 Å². The predicted octanol–water partition coefficient (Wildman–Crippen LogP) is 7.68. The third kappa shape index (κ3) is 3.39. The topological polar surface area (TPSA) is 38.8 Å². The van der Waals surface area contributed by atoms with E-state index in [0.29, 0.717) is 0 Å². The maximum atomic E-state index is 7.39. The molecule has 3 aromatic heterocycles. The number of aromatic nitrogens is 1. The highest BCUT2D eigenvalue weighted by Crippen LogP contribution is 2.50. The number of fused-ring (bicyclic) bond motifs is 4. The van der Waals surface area contributed by atoms with E-state index in [4.69, 9.17) is 14.4 Å². The lowest BCUT2D eigenvalue weighted by Crippen LogP contribution is -2.72. The molecule has 3 aliphatic heterocycles. The number of aliphatic imine (C=N–C) groups is 1. The van der Waals surface area contributed by atoms with Gasteiger partial charge in [-0.05, 0) is 51.2 Å². The number of hydrogen-bond donors (Lipinski definition) is 0. The predicted molar refractivity (Wildman–Crippen MR) is 178 cm³/mol. The Kier molecular flexibility index (Phi) is 5.33. The van der Waals surface area contributed by atoms with Crippen LogP contribution >= 0.6 is 22.7 Å². The fraction of sp³-hybridized carbons (Fsp3) is 0.0286. The van der Waals surface area contributed by atoms with Gasteiger partial charge in [-0.15, -0.1) is 22.7 Å². The Morgan fingerprint density at radius 3 is 2.21 bits per heavy atom. The molecule has 3 aromatic carbocycles. The summed E-state index contributed by atoms with van der Waals surface area (Å²) in [5.41, 5.74) is 7.56. The molecule has 0 bridgehead atoms. The van der Waals surface area contributed by atoms with E-state index >= 15 is 0 Å². The molecule has 0 aliphatic carbocycles. The first-order valence-electron chi connectivity index (χ1n) is 14.2. The number of benzene rings is 3. The minimum absolute atomic E-state index is 0.833. The van der Waals surface area contributed by atoms with Gasteiger partial charge in [0.05, 0.1) is 23.3 Å². The van der Waals surface area contributed by atoms with Crippen LogP contribution in [-0.2, 0) is 0 Å². The van der Waals surface area contributed by atoms with Crippen molar-refractivity contribution in [1.29, 1.82) is 0 Å². The molecule has 0 N–H and O–H groups in total. The molecular formula is C35H24BN3O2S2. The van der Waals surface area contributed by atoms with Crippen LogP contribution in [0.25, 0.3) is 27.3 Å². The summed E-state index contributed by atoms with van der Waals surface area (Å²) in [6.45, 7) is -2.08. The summed E-state index contributed by atoms with van der Waals surface area (Å²) in [5, 5.41) is 4.20. The molecule has 6 aromatic rings. The number of ether oxygens (including phenoxy) is 1. The number of nitrogens with zero attached hydrogens (tertiary/aromatic N) is 3. The van der Waals surface area contributed by atoms with Crippen LogP contribution in [0.1, 0.15) is 10.4 Å². The maximum absolute atomic E-state index is 7.39. The zero-order valence-electron chi connectivity index (χ0n) is 23.2. The normalized spacial score (nSPS) is 17.9. The van der Waals surface area contributed by atoms with Crippen molar-refractivity contribution in [3.8, 4) is 33.2 Å². The standard InChI is InChI=1S/C35H24BN3O2S2/c1-40-30-17-19-42-32(30)28-21-26(23-11-5-2-6-12-23)34-37-35-27(24-13-7-3-8-14-24)22-29-33-31(18-20-43-33)41-36(38(28)34,39(29)35)25-15-9-4-10-16-25/h2-22H,1H3. The molecule has 0 saturated heterocycles. The van der Waals surface area contributed by atoms with Crippen molar-refractivity contribution in [1.82, 2.24) is 4.48 Å². The van der Waals surface area contributed by atoms with Gasteiger partial charge in [-0.1, -0.05) is 96.5 Å². The first kappa shape index (κ1) is 24.7. The molecule has 8 heteroatoms. The summed E-state index contributed by atoms with van der Waals surface area (Å²) >= 11 is 3.37. The van der Waals surface area contributed by atoms with Crippen molar-refractivity contribution in [2.45, 2.75) is 0 Å². The van der Waals surface area contributed by atoms with Crippen LogP contribution in [0.4, 0.5) is 5.82 Å². The average molecular weight is 594 g/mol. The zero-order chi connectivity index (χ0) is 28.5. The second kappa shape index (κ2) is 9.29. The molecule has 6 heterocycles. The molecule has 0 saturated carbocycles. The highest BCUT2D eigenvalue weighted by Gasteiger charge is 2.57. The van der Waals surface area contributed by atoms with Crippen LogP contribution in [0, 0.1) is 0 Å². The number of amidine groups is 1. The van der Waals surface area contributed by atoms with E-state index in [-0.39, 0.29) is 0 Å². The summed E-state index contributed by atoms with van der Waals surface area (Å²) in [6.07, 6.45) is 2.30. The molecule has 1 atom stereocenters. The van der Waals surface area contributed by atoms with Crippen molar-refractivity contribution in [3.63, 3.8) is 0 Å². The smallest absolute Gasteiger partial charge is 0.508 e. The van der Waals surface area contributed by atoms with Gasteiger partial charge in [0.15, 0.2) is 0 Å². The SMILES string of the molecule is COc1ccsc1-c1cc(-c2ccccc2)c2n1[B-]1(c3ccccc3)Oc3ccsc3C3=[N+]1C(=N2)C(c1ccccc1)=C3. The first-order valence-corrected chi connectivity index (χ1v) is 16.0. The summed E-state index contributed by atoms with van der Waals surface area (Å²) in [6, 6.07) is 38.1. The summed E-state index contributed by atoms with van der Waals surface area (Å²) in [7, 11) is 1.73.